The average molecular weight is 439 g/mol. The predicted molar refractivity (Wildman–Crippen MR) is 112 cm³/mol. The number of hydrogen-bond donors (Lipinski definition) is 1. The van der Waals surface area contributed by atoms with E-state index in [1.807, 2.05) is 19.6 Å². The maximum Gasteiger partial charge on any atom is 0.303 e. The molecule has 0 amide bonds. The Bertz CT molecular complexity index is 496. The van der Waals surface area contributed by atoms with Crippen LogP contribution < -0.4 is 0 Å². The van der Waals surface area contributed by atoms with E-state index in [9.17, 15) is 9.90 Å². The van der Waals surface area contributed by atoms with E-state index in [2.05, 4.69) is 39.3 Å². The Morgan fingerprint density at radius 3 is 1.74 bits per heavy atom. The number of rotatable bonds is 8. The average Bonchev–Trinajstić information content (AvgIpc) is 2.40. The summed E-state index contributed by atoms with van der Waals surface area (Å²) in [5.41, 5.74) is 0. The van der Waals surface area contributed by atoms with E-state index in [0.717, 1.165) is 0 Å². The molecule has 1 rings (SSSR count). The molecule has 0 aromatic carbocycles. The monoisotopic (exact) mass is 438 g/mol. The number of carbonyl (C=O) groups is 1. The van der Waals surface area contributed by atoms with Crippen molar-refractivity contribution >= 4 is 30.9 Å². The molecular formula is C17H38O7Si3. The van der Waals surface area contributed by atoms with Crippen molar-refractivity contribution in [3.63, 3.8) is 0 Å². The molecule has 1 saturated heterocycles. The molecule has 27 heavy (non-hydrogen) atoms. The normalized spacial score (nSPS) is 30.3. The van der Waals surface area contributed by atoms with Crippen LogP contribution in [0.25, 0.3) is 0 Å². The van der Waals surface area contributed by atoms with Gasteiger partial charge in [0.25, 0.3) is 0 Å². The third kappa shape index (κ3) is 9.31. The van der Waals surface area contributed by atoms with Crippen molar-refractivity contribution in [1.82, 2.24) is 0 Å². The van der Waals surface area contributed by atoms with Gasteiger partial charge in [-0.25, -0.2) is 0 Å². The molecule has 10 heteroatoms. The summed E-state index contributed by atoms with van der Waals surface area (Å²) in [5.74, 6) is -0.422. The lowest BCUT2D eigenvalue weighted by molar-refractivity contribution is -0.281. The van der Waals surface area contributed by atoms with E-state index in [1.54, 1.807) is 0 Å². The van der Waals surface area contributed by atoms with Gasteiger partial charge < -0.3 is 27.9 Å². The van der Waals surface area contributed by atoms with Gasteiger partial charge >= 0.3 is 5.97 Å². The van der Waals surface area contributed by atoms with Crippen molar-refractivity contribution in [3.05, 3.63) is 0 Å². The van der Waals surface area contributed by atoms with E-state index in [4.69, 9.17) is 22.8 Å². The second-order valence-electron chi connectivity index (χ2n) is 9.95. The Hall–Kier alpha value is -0.0794. The van der Waals surface area contributed by atoms with E-state index in [1.165, 1.54) is 6.92 Å². The lowest BCUT2D eigenvalue weighted by atomic mass is 9.99. The van der Waals surface area contributed by atoms with Crippen LogP contribution in [-0.2, 0) is 27.5 Å². The van der Waals surface area contributed by atoms with E-state index >= 15 is 0 Å². The summed E-state index contributed by atoms with van der Waals surface area (Å²) in [7, 11) is -5.86. The smallest absolute Gasteiger partial charge is 0.303 e. The molecule has 0 aliphatic carbocycles. The molecule has 1 N–H and O–H groups in total. The van der Waals surface area contributed by atoms with Gasteiger partial charge in [0.15, 0.2) is 37.3 Å². The Balaban J connectivity index is 3.20. The van der Waals surface area contributed by atoms with Gasteiger partial charge in [-0.2, -0.15) is 0 Å². The zero-order valence-corrected chi connectivity index (χ0v) is 21.5. The van der Waals surface area contributed by atoms with Crippen LogP contribution in [0.3, 0.4) is 0 Å². The van der Waals surface area contributed by atoms with Crippen LogP contribution in [0.2, 0.25) is 58.9 Å². The fourth-order valence-electron chi connectivity index (χ4n) is 2.77. The van der Waals surface area contributed by atoms with E-state index < -0.39 is 61.6 Å². The molecule has 0 aromatic heterocycles. The first kappa shape index (κ1) is 25.0. The van der Waals surface area contributed by atoms with Crippen LogP contribution in [0, 0.1) is 0 Å². The van der Waals surface area contributed by atoms with Crippen LogP contribution in [-0.4, -0.2) is 73.3 Å². The molecular weight excluding hydrogens is 400 g/mol. The summed E-state index contributed by atoms with van der Waals surface area (Å²) < 4.78 is 29.9. The van der Waals surface area contributed by atoms with Gasteiger partial charge in [0.05, 0.1) is 6.61 Å². The first-order valence-electron chi connectivity index (χ1n) is 9.49. The van der Waals surface area contributed by atoms with Crippen molar-refractivity contribution in [3.8, 4) is 0 Å². The minimum absolute atomic E-state index is 0.232. The van der Waals surface area contributed by atoms with Gasteiger partial charge in [-0.15, -0.1) is 0 Å². The summed E-state index contributed by atoms with van der Waals surface area (Å²) in [4.78, 5) is 11.8. The van der Waals surface area contributed by atoms with Crippen molar-refractivity contribution in [2.24, 2.45) is 0 Å². The van der Waals surface area contributed by atoms with Crippen LogP contribution in [0.15, 0.2) is 0 Å². The van der Waals surface area contributed by atoms with Gasteiger partial charge in [-0.1, -0.05) is 0 Å². The first-order chi connectivity index (χ1) is 12.0. The SMILES string of the molecule is CC(=O)OC1C(CO[Si](C)(C)C)OC(O)C(O[Si](C)(C)C)C1O[Si](C)(C)C. The lowest BCUT2D eigenvalue weighted by Gasteiger charge is -2.47. The Kier molecular flexibility index (Phi) is 8.47. The van der Waals surface area contributed by atoms with E-state index in [0.29, 0.717) is 0 Å². The molecule has 1 heterocycles. The van der Waals surface area contributed by atoms with Crippen molar-refractivity contribution < 1.29 is 32.7 Å². The summed E-state index contributed by atoms with van der Waals surface area (Å²) in [6.45, 7) is 20.1. The van der Waals surface area contributed by atoms with Crippen molar-refractivity contribution in [1.29, 1.82) is 0 Å². The molecule has 0 bridgehead atoms. The molecule has 0 spiro atoms. The molecule has 7 nitrogen and oxygen atoms in total. The minimum atomic E-state index is -2.03. The van der Waals surface area contributed by atoms with Crippen LogP contribution in [0.1, 0.15) is 6.92 Å². The van der Waals surface area contributed by atoms with Gasteiger partial charge in [0, 0.05) is 6.92 Å². The predicted octanol–water partition coefficient (Wildman–Crippen LogP) is 2.93. The molecule has 0 saturated carbocycles. The molecule has 1 aliphatic rings. The fourth-order valence-corrected chi connectivity index (χ4v) is 5.59. The van der Waals surface area contributed by atoms with Crippen LogP contribution >= 0.6 is 0 Å². The standard InChI is InChI=1S/C17H38O7Si3/c1-12(18)21-14-13(11-20-25(2,3)4)22-17(19)16(24-27(8,9)10)15(14)23-26(5,6)7/h13-17,19H,11H2,1-10H3. The highest BCUT2D eigenvalue weighted by Crippen LogP contribution is 2.31. The van der Waals surface area contributed by atoms with Gasteiger partial charge in [0.2, 0.25) is 0 Å². The highest BCUT2D eigenvalue weighted by atomic mass is 28.4. The van der Waals surface area contributed by atoms with Gasteiger partial charge in [0.1, 0.15) is 18.3 Å². The Morgan fingerprint density at radius 1 is 0.852 bits per heavy atom. The van der Waals surface area contributed by atoms with Crippen molar-refractivity contribution in [2.75, 3.05) is 6.61 Å². The number of carbonyl (C=O) groups excluding carboxylic acids is 1. The Labute approximate surface area is 167 Å². The number of hydrogen-bond acceptors (Lipinski definition) is 7. The summed E-state index contributed by atoms with van der Waals surface area (Å²) in [6, 6.07) is 0. The maximum atomic E-state index is 11.8. The van der Waals surface area contributed by atoms with Crippen LogP contribution in [0.4, 0.5) is 0 Å². The number of aliphatic hydroxyl groups is 1. The molecule has 160 valence electrons. The van der Waals surface area contributed by atoms with Gasteiger partial charge in [-0.05, 0) is 58.9 Å². The largest absolute Gasteiger partial charge is 0.457 e. The number of esters is 1. The van der Waals surface area contributed by atoms with Gasteiger partial charge in [-0.3, -0.25) is 4.79 Å². The number of ether oxygens (including phenoxy) is 2. The summed E-state index contributed by atoms with van der Waals surface area (Å²) in [6.07, 6.45) is -3.80. The van der Waals surface area contributed by atoms with E-state index in [-0.39, 0.29) is 6.61 Å². The third-order valence-corrected chi connectivity index (χ3v) is 6.56. The lowest BCUT2D eigenvalue weighted by Crippen LogP contribution is -2.65. The molecule has 5 unspecified atom stereocenters. The fraction of sp³-hybridized carbons (Fsp3) is 0.941. The Morgan fingerprint density at radius 2 is 1.33 bits per heavy atom. The van der Waals surface area contributed by atoms with Crippen molar-refractivity contribution in [2.45, 2.75) is 96.6 Å². The zero-order chi connectivity index (χ0) is 21.2. The zero-order valence-electron chi connectivity index (χ0n) is 18.5. The van der Waals surface area contributed by atoms with Crippen LogP contribution in [0.5, 0.6) is 0 Å². The molecule has 1 fully saturated rings. The minimum Gasteiger partial charge on any atom is -0.457 e. The quantitative estimate of drug-likeness (QED) is 0.461. The molecule has 0 radical (unpaired) electrons. The molecule has 1 aliphatic heterocycles. The highest BCUT2D eigenvalue weighted by Gasteiger charge is 2.51. The summed E-state index contributed by atoms with van der Waals surface area (Å²) in [5, 5.41) is 10.7. The first-order valence-corrected chi connectivity index (χ1v) is 19.7. The third-order valence-electron chi connectivity index (χ3n) is 3.57. The second-order valence-corrected chi connectivity index (χ2v) is 23.4. The highest BCUT2D eigenvalue weighted by molar-refractivity contribution is 6.70. The molecule has 0 aromatic rings. The topological polar surface area (TPSA) is 83.5 Å². The second kappa shape index (κ2) is 9.16. The number of aliphatic hydroxyl groups excluding tert-OH is 1. The maximum absolute atomic E-state index is 11.8. The molecule has 5 atom stereocenters. The summed E-state index contributed by atoms with van der Waals surface area (Å²) >= 11 is 0.